The fourth-order valence-electron chi connectivity index (χ4n) is 5.44. The molecule has 2 atom stereocenters. The van der Waals surface area contributed by atoms with Gasteiger partial charge in [0, 0.05) is 23.2 Å². The van der Waals surface area contributed by atoms with E-state index in [1.54, 1.807) is 14.2 Å². The lowest BCUT2D eigenvalue weighted by Crippen LogP contribution is -2.43. The molecule has 6 nitrogen and oxygen atoms in total. The van der Waals surface area contributed by atoms with Gasteiger partial charge < -0.3 is 18.9 Å². The first-order valence-electron chi connectivity index (χ1n) is 14.5. The number of methoxy groups -OCH3 is 2. The van der Waals surface area contributed by atoms with E-state index in [9.17, 15) is 4.79 Å². The zero-order valence-electron chi connectivity index (χ0n) is 25.2. The van der Waals surface area contributed by atoms with Crippen LogP contribution in [0.3, 0.4) is 0 Å². The minimum atomic E-state index is 0.105. The molecule has 6 heteroatoms. The largest absolute Gasteiger partial charge is 0.493 e. The third kappa shape index (κ3) is 6.90. The van der Waals surface area contributed by atoms with Crippen LogP contribution in [0.4, 0.5) is 0 Å². The van der Waals surface area contributed by atoms with Crippen LogP contribution in [0.15, 0.2) is 47.5 Å². The minimum Gasteiger partial charge on any atom is -0.493 e. The zero-order valence-corrected chi connectivity index (χ0v) is 25.2. The van der Waals surface area contributed by atoms with Gasteiger partial charge >= 0.3 is 0 Å². The van der Waals surface area contributed by atoms with Gasteiger partial charge in [0.25, 0.3) is 0 Å². The fourth-order valence-corrected chi connectivity index (χ4v) is 5.44. The Morgan fingerprint density at radius 1 is 0.750 bits per heavy atom. The van der Waals surface area contributed by atoms with E-state index in [-0.39, 0.29) is 17.9 Å². The number of carbonyl (C=O) groups excluding carboxylic acids is 1. The molecule has 2 heterocycles. The van der Waals surface area contributed by atoms with E-state index in [1.165, 1.54) is 0 Å². The Hall–Kier alpha value is -3.25. The molecule has 2 saturated heterocycles. The number of ketones is 1. The molecule has 40 heavy (non-hydrogen) atoms. The SMILES string of the molecule is COc1cc(/C=C2/C(=O)/C(=C/c3ccc(OCCC(C)C)c(OC)c3)C3CCC2N3C)ccc1OCCC(C)C. The van der Waals surface area contributed by atoms with Crippen molar-refractivity contribution >= 4 is 17.9 Å². The summed E-state index contributed by atoms with van der Waals surface area (Å²) in [6.07, 6.45) is 7.91. The summed E-state index contributed by atoms with van der Waals surface area (Å²) in [5.74, 6) is 4.06. The molecule has 2 aliphatic heterocycles. The van der Waals surface area contributed by atoms with Crippen LogP contribution in [0.5, 0.6) is 23.0 Å². The average molecular weight is 548 g/mol. The monoisotopic (exact) mass is 547 g/mol. The second-order valence-corrected chi connectivity index (χ2v) is 11.7. The molecule has 2 fully saturated rings. The van der Waals surface area contributed by atoms with Gasteiger partial charge in [-0.3, -0.25) is 9.69 Å². The van der Waals surface area contributed by atoms with Crippen molar-refractivity contribution in [2.24, 2.45) is 11.8 Å². The molecule has 0 radical (unpaired) electrons. The summed E-state index contributed by atoms with van der Waals surface area (Å²) >= 11 is 0. The first-order chi connectivity index (χ1) is 19.2. The number of Topliss-reactive ketones (excluding diaryl/α,β-unsaturated/α-hetero) is 1. The Labute approximate surface area is 240 Å². The number of hydrogen-bond donors (Lipinski definition) is 0. The maximum atomic E-state index is 13.9. The number of rotatable bonds is 12. The van der Waals surface area contributed by atoms with E-state index in [0.717, 1.165) is 59.5 Å². The van der Waals surface area contributed by atoms with Crippen molar-refractivity contribution in [3.05, 3.63) is 58.7 Å². The van der Waals surface area contributed by atoms with Gasteiger partial charge in [-0.15, -0.1) is 0 Å². The highest BCUT2D eigenvalue weighted by molar-refractivity contribution is 6.16. The van der Waals surface area contributed by atoms with Gasteiger partial charge in [-0.05, 0) is 92.1 Å². The van der Waals surface area contributed by atoms with Crippen LogP contribution in [0.1, 0.15) is 64.5 Å². The van der Waals surface area contributed by atoms with Gasteiger partial charge in [-0.25, -0.2) is 0 Å². The lowest BCUT2D eigenvalue weighted by Gasteiger charge is -2.34. The lowest BCUT2D eigenvalue weighted by atomic mass is 9.88. The molecule has 0 aromatic heterocycles. The molecule has 2 aliphatic rings. The van der Waals surface area contributed by atoms with Gasteiger partial charge in [0.15, 0.2) is 28.8 Å². The Balaban J connectivity index is 1.60. The molecule has 216 valence electrons. The van der Waals surface area contributed by atoms with E-state index >= 15 is 0 Å². The van der Waals surface area contributed by atoms with E-state index < -0.39 is 0 Å². The molecule has 0 aliphatic carbocycles. The predicted molar refractivity (Wildman–Crippen MR) is 161 cm³/mol. The van der Waals surface area contributed by atoms with Crippen LogP contribution < -0.4 is 18.9 Å². The highest BCUT2D eigenvalue weighted by atomic mass is 16.5. The van der Waals surface area contributed by atoms with Crippen molar-refractivity contribution in [1.82, 2.24) is 4.90 Å². The second kappa shape index (κ2) is 13.4. The normalized spacial score (nSPS) is 21.1. The molecule has 2 bridgehead atoms. The fraction of sp³-hybridized carbons (Fsp3) is 0.500. The lowest BCUT2D eigenvalue weighted by molar-refractivity contribution is -0.114. The Kier molecular flexibility index (Phi) is 9.96. The van der Waals surface area contributed by atoms with Crippen LogP contribution in [-0.4, -0.2) is 57.2 Å². The van der Waals surface area contributed by atoms with Gasteiger partial charge in [-0.2, -0.15) is 0 Å². The quantitative estimate of drug-likeness (QED) is 0.265. The molecule has 2 aromatic rings. The molecule has 0 amide bonds. The summed E-state index contributed by atoms with van der Waals surface area (Å²) in [6.45, 7) is 10.0. The molecule has 4 rings (SSSR count). The maximum absolute atomic E-state index is 13.9. The van der Waals surface area contributed by atoms with Crippen molar-refractivity contribution in [3.63, 3.8) is 0 Å². The summed E-state index contributed by atoms with van der Waals surface area (Å²) in [7, 11) is 5.42. The molecular formula is C34H45NO5. The van der Waals surface area contributed by atoms with Gasteiger partial charge in [0.05, 0.1) is 27.4 Å². The van der Waals surface area contributed by atoms with E-state index in [1.807, 2.05) is 48.6 Å². The number of fused-ring (bicyclic) bond motifs is 2. The number of piperidine rings is 1. The molecule has 0 saturated carbocycles. The number of ether oxygens (including phenoxy) is 4. The summed E-state index contributed by atoms with van der Waals surface area (Å²) in [5.41, 5.74) is 3.50. The highest BCUT2D eigenvalue weighted by Crippen LogP contribution is 2.41. The van der Waals surface area contributed by atoms with Crippen LogP contribution in [-0.2, 0) is 4.79 Å². The van der Waals surface area contributed by atoms with E-state index in [0.29, 0.717) is 36.5 Å². The summed E-state index contributed by atoms with van der Waals surface area (Å²) in [4.78, 5) is 16.3. The van der Waals surface area contributed by atoms with Crippen LogP contribution >= 0.6 is 0 Å². The third-order valence-electron chi connectivity index (χ3n) is 7.86. The molecule has 2 aromatic carbocycles. The topological polar surface area (TPSA) is 57.2 Å². The van der Waals surface area contributed by atoms with Crippen molar-refractivity contribution in [3.8, 4) is 23.0 Å². The Bertz CT molecular complexity index is 1150. The van der Waals surface area contributed by atoms with Crippen LogP contribution in [0, 0.1) is 11.8 Å². The molecule has 0 N–H and O–H groups in total. The van der Waals surface area contributed by atoms with Gasteiger partial charge in [-0.1, -0.05) is 39.8 Å². The van der Waals surface area contributed by atoms with Crippen molar-refractivity contribution in [1.29, 1.82) is 0 Å². The second-order valence-electron chi connectivity index (χ2n) is 11.7. The smallest absolute Gasteiger partial charge is 0.188 e. The molecule has 0 spiro atoms. The highest BCUT2D eigenvalue weighted by Gasteiger charge is 2.44. The third-order valence-corrected chi connectivity index (χ3v) is 7.86. The minimum absolute atomic E-state index is 0.105. The summed E-state index contributed by atoms with van der Waals surface area (Å²) in [5, 5.41) is 0. The predicted octanol–water partition coefficient (Wildman–Crippen LogP) is 7.07. The van der Waals surface area contributed by atoms with Crippen LogP contribution in [0.25, 0.3) is 12.2 Å². The number of likely N-dealkylation sites (N-methyl/N-ethyl adjacent to an activating group) is 1. The van der Waals surface area contributed by atoms with Crippen molar-refractivity contribution in [2.45, 2.75) is 65.5 Å². The Morgan fingerprint density at radius 2 is 1.18 bits per heavy atom. The Morgan fingerprint density at radius 3 is 1.55 bits per heavy atom. The van der Waals surface area contributed by atoms with Crippen LogP contribution in [0.2, 0.25) is 0 Å². The standard InChI is InChI=1S/C34H45NO5/c1-22(2)14-16-39-30-12-8-24(20-32(30)37-6)18-26-28-10-11-29(35(28)5)27(34(26)36)19-25-9-13-31(33(21-25)38-7)40-17-15-23(3)4/h8-9,12-13,18-23,28-29H,10-11,14-17H2,1-7H3/b26-18+,27-19+. The van der Waals surface area contributed by atoms with Gasteiger partial charge in [0.1, 0.15) is 0 Å². The number of benzene rings is 2. The number of hydrogen-bond acceptors (Lipinski definition) is 6. The van der Waals surface area contributed by atoms with Gasteiger partial charge in [0.2, 0.25) is 0 Å². The average Bonchev–Trinajstić information content (AvgIpc) is 3.24. The molecular weight excluding hydrogens is 502 g/mol. The van der Waals surface area contributed by atoms with Crippen molar-refractivity contribution < 1.29 is 23.7 Å². The summed E-state index contributed by atoms with van der Waals surface area (Å²) < 4.78 is 23.2. The molecule has 2 unspecified atom stereocenters. The summed E-state index contributed by atoms with van der Waals surface area (Å²) in [6, 6.07) is 12.0. The van der Waals surface area contributed by atoms with Crippen molar-refractivity contribution in [2.75, 3.05) is 34.5 Å². The van der Waals surface area contributed by atoms with E-state index in [4.69, 9.17) is 18.9 Å². The first kappa shape index (κ1) is 29.7. The van der Waals surface area contributed by atoms with E-state index in [2.05, 4.69) is 39.6 Å². The number of carbonyl (C=O) groups is 1. The first-order valence-corrected chi connectivity index (χ1v) is 14.5. The zero-order chi connectivity index (χ0) is 28.8. The maximum Gasteiger partial charge on any atom is 0.188 e. The number of nitrogens with zero attached hydrogens (tertiary/aromatic N) is 1.